The summed E-state index contributed by atoms with van der Waals surface area (Å²) in [6, 6.07) is 3.83. The molecule has 6 heteroatoms. The summed E-state index contributed by atoms with van der Waals surface area (Å²) in [6.45, 7) is 2.67. The van der Waals surface area contributed by atoms with Crippen LogP contribution in [0.5, 0.6) is 11.5 Å². The molecule has 0 bridgehead atoms. The number of halogens is 1. The molecule has 1 aromatic carbocycles. The van der Waals surface area contributed by atoms with Gasteiger partial charge in [-0.25, -0.2) is 0 Å². The van der Waals surface area contributed by atoms with E-state index >= 15 is 0 Å². The zero-order chi connectivity index (χ0) is 13.7. The van der Waals surface area contributed by atoms with Crippen LogP contribution in [0.3, 0.4) is 0 Å². The van der Waals surface area contributed by atoms with Gasteiger partial charge in [0.1, 0.15) is 0 Å². The lowest BCUT2D eigenvalue weighted by Crippen LogP contribution is -2.19. The van der Waals surface area contributed by atoms with Gasteiger partial charge in [-0.05, 0) is 17.7 Å². The fourth-order valence-corrected chi connectivity index (χ4v) is 2.55. The Morgan fingerprint density at radius 1 is 1.37 bits per heavy atom. The minimum atomic E-state index is -0.765. The Hall–Kier alpha value is -0.780. The minimum absolute atomic E-state index is 0.579. The van der Waals surface area contributed by atoms with E-state index in [2.05, 4.69) is 5.32 Å². The molecular formula is C13H18ClNO3S. The van der Waals surface area contributed by atoms with Gasteiger partial charge in [-0.2, -0.15) is 0 Å². The third kappa shape index (κ3) is 4.37. The predicted octanol–water partition coefficient (Wildman–Crippen LogP) is 1.97. The van der Waals surface area contributed by atoms with Gasteiger partial charge in [0.05, 0.1) is 18.2 Å². The number of hydrogen-bond acceptors (Lipinski definition) is 4. The maximum Gasteiger partial charge on any atom is 0.179 e. The Morgan fingerprint density at radius 3 is 2.95 bits per heavy atom. The van der Waals surface area contributed by atoms with Crippen molar-refractivity contribution in [1.29, 1.82) is 0 Å². The molecule has 0 saturated carbocycles. The highest BCUT2D eigenvalue weighted by Crippen LogP contribution is 2.37. The average Bonchev–Trinajstić information content (AvgIpc) is 2.60. The fourth-order valence-electron chi connectivity index (χ4n) is 1.83. The molecule has 106 valence electrons. The predicted molar refractivity (Wildman–Crippen MR) is 77.7 cm³/mol. The van der Waals surface area contributed by atoms with Crippen molar-refractivity contribution in [2.45, 2.75) is 13.0 Å². The molecule has 0 aromatic heterocycles. The quantitative estimate of drug-likeness (QED) is 0.845. The monoisotopic (exact) mass is 303 g/mol. The van der Waals surface area contributed by atoms with Crippen LogP contribution in [0.4, 0.5) is 0 Å². The third-order valence-electron chi connectivity index (χ3n) is 2.76. The van der Waals surface area contributed by atoms with E-state index in [0.717, 1.165) is 18.5 Å². The van der Waals surface area contributed by atoms with Crippen LogP contribution < -0.4 is 14.8 Å². The van der Waals surface area contributed by atoms with Crippen molar-refractivity contribution in [1.82, 2.24) is 5.32 Å². The van der Waals surface area contributed by atoms with Crippen LogP contribution >= 0.6 is 11.6 Å². The van der Waals surface area contributed by atoms with Gasteiger partial charge in [-0.15, -0.1) is 0 Å². The van der Waals surface area contributed by atoms with Crippen LogP contribution in [0.25, 0.3) is 0 Å². The van der Waals surface area contributed by atoms with Gasteiger partial charge in [-0.3, -0.25) is 4.21 Å². The van der Waals surface area contributed by atoms with Crippen molar-refractivity contribution in [3.63, 3.8) is 0 Å². The SMILES string of the molecule is CS(=O)CCNCc1cc(Cl)c2c(c1)OCCCO2. The molecule has 1 atom stereocenters. The average molecular weight is 304 g/mol. The highest BCUT2D eigenvalue weighted by Gasteiger charge is 2.15. The molecule has 1 unspecified atom stereocenters. The van der Waals surface area contributed by atoms with E-state index in [0.29, 0.717) is 42.0 Å². The number of fused-ring (bicyclic) bond motifs is 1. The van der Waals surface area contributed by atoms with Crippen LogP contribution in [0.2, 0.25) is 5.02 Å². The smallest absolute Gasteiger partial charge is 0.179 e. The lowest BCUT2D eigenvalue weighted by molar-refractivity contribution is 0.297. The van der Waals surface area contributed by atoms with Gasteiger partial charge < -0.3 is 14.8 Å². The summed E-state index contributed by atoms with van der Waals surface area (Å²) < 4.78 is 22.2. The van der Waals surface area contributed by atoms with Gasteiger partial charge in [0.15, 0.2) is 11.5 Å². The van der Waals surface area contributed by atoms with Crippen molar-refractivity contribution >= 4 is 22.4 Å². The molecule has 0 aliphatic carbocycles. The Balaban J connectivity index is 2.00. The van der Waals surface area contributed by atoms with Crippen molar-refractivity contribution in [2.75, 3.05) is 31.8 Å². The summed E-state index contributed by atoms with van der Waals surface area (Å²) in [6.07, 6.45) is 2.56. The van der Waals surface area contributed by atoms with Crippen molar-refractivity contribution in [2.24, 2.45) is 0 Å². The normalized spacial score (nSPS) is 15.9. The number of ether oxygens (including phenoxy) is 2. The summed E-state index contributed by atoms with van der Waals surface area (Å²) in [4.78, 5) is 0. The van der Waals surface area contributed by atoms with Gasteiger partial charge in [0.25, 0.3) is 0 Å². The van der Waals surface area contributed by atoms with E-state index in [4.69, 9.17) is 21.1 Å². The van der Waals surface area contributed by atoms with E-state index in [1.165, 1.54) is 0 Å². The molecule has 0 spiro atoms. The van der Waals surface area contributed by atoms with Crippen LogP contribution in [0.15, 0.2) is 12.1 Å². The van der Waals surface area contributed by atoms with Gasteiger partial charge in [-0.1, -0.05) is 11.6 Å². The summed E-state index contributed by atoms with van der Waals surface area (Å²) in [7, 11) is -0.765. The van der Waals surface area contributed by atoms with Crippen LogP contribution in [0.1, 0.15) is 12.0 Å². The molecule has 1 aromatic rings. The third-order valence-corrected chi connectivity index (χ3v) is 3.82. The Bertz CT molecular complexity index is 467. The number of nitrogens with one attached hydrogen (secondary N) is 1. The lowest BCUT2D eigenvalue weighted by Gasteiger charge is -2.12. The van der Waals surface area contributed by atoms with Gasteiger partial charge >= 0.3 is 0 Å². The lowest BCUT2D eigenvalue weighted by atomic mass is 10.2. The molecule has 0 fully saturated rings. The molecule has 1 N–H and O–H groups in total. The largest absolute Gasteiger partial charge is 0.489 e. The summed E-state index contributed by atoms with van der Waals surface area (Å²) in [5.74, 6) is 2.00. The number of benzene rings is 1. The van der Waals surface area contributed by atoms with E-state index < -0.39 is 10.8 Å². The first-order chi connectivity index (χ1) is 9.16. The minimum Gasteiger partial charge on any atom is -0.489 e. The van der Waals surface area contributed by atoms with Crippen molar-refractivity contribution in [3.8, 4) is 11.5 Å². The molecule has 0 amide bonds. The van der Waals surface area contributed by atoms with Crippen molar-refractivity contribution < 1.29 is 13.7 Å². The highest BCUT2D eigenvalue weighted by atomic mass is 35.5. The molecule has 1 heterocycles. The molecule has 0 radical (unpaired) electrons. The molecule has 4 nitrogen and oxygen atoms in total. The second kappa shape index (κ2) is 7.12. The topological polar surface area (TPSA) is 47.6 Å². The first-order valence-corrected chi connectivity index (χ1v) is 8.36. The molecule has 19 heavy (non-hydrogen) atoms. The first-order valence-electron chi connectivity index (χ1n) is 6.25. The molecule has 0 saturated heterocycles. The zero-order valence-electron chi connectivity index (χ0n) is 10.9. The second-order valence-electron chi connectivity index (χ2n) is 4.41. The molecular weight excluding hydrogens is 286 g/mol. The van der Waals surface area contributed by atoms with Crippen LogP contribution in [-0.4, -0.2) is 36.0 Å². The molecule has 1 aliphatic rings. The van der Waals surface area contributed by atoms with Crippen LogP contribution in [-0.2, 0) is 17.3 Å². The van der Waals surface area contributed by atoms with Crippen LogP contribution in [0, 0.1) is 0 Å². The standard InChI is InChI=1S/C13H18ClNO3S/c1-19(16)6-3-15-9-10-7-11(14)13-12(8-10)17-4-2-5-18-13/h7-8,15H,2-6,9H2,1H3. The van der Waals surface area contributed by atoms with E-state index in [-0.39, 0.29) is 0 Å². The number of rotatable bonds is 5. The van der Waals surface area contributed by atoms with E-state index in [1.807, 2.05) is 12.1 Å². The maximum absolute atomic E-state index is 11.0. The maximum atomic E-state index is 11.0. The fraction of sp³-hybridized carbons (Fsp3) is 0.538. The molecule has 2 rings (SSSR count). The second-order valence-corrected chi connectivity index (χ2v) is 6.37. The highest BCUT2D eigenvalue weighted by molar-refractivity contribution is 7.84. The zero-order valence-corrected chi connectivity index (χ0v) is 12.5. The first kappa shape index (κ1) is 14.6. The van der Waals surface area contributed by atoms with Crippen molar-refractivity contribution in [3.05, 3.63) is 22.7 Å². The van der Waals surface area contributed by atoms with Gasteiger partial charge in [0, 0.05) is 42.3 Å². The Kier molecular flexibility index (Phi) is 5.48. The van der Waals surface area contributed by atoms with E-state index in [1.54, 1.807) is 6.26 Å². The Labute approximate surface area is 120 Å². The summed E-state index contributed by atoms with van der Waals surface area (Å²) in [5, 5.41) is 3.81. The molecule has 1 aliphatic heterocycles. The van der Waals surface area contributed by atoms with Gasteiger partial charge in [0.2, 0.25) is 0 Å². The summed E-state index contributed by atoms with van der Waals surface area (Å²) >= 11 is 6.20. The Morgan fingerprint density at radius 2 is 2.16 bits per heavy atom. The number of hydrogen-bond donors (Lipinski definition) is 1. The van der Waals surface area contributed by atoms with E-state index in [9.17, 15) is 4.21 Å². The summed E-state index contributed by atoms with van der Waals surface area (Å²) in [5.41, 5.74) is 1.04.